The number of anilines is 1. The van der Waals surface area contributed by atoms with Crippen molar-refractivity contribution in [3.8, 4) is 0 Å². The van der Waals surface area contributed by atoms with E-state index in [1.54, 1.807) is 20.8 Å². The summed E-state index contributed by atoms with van der Waals surface area (Å²) in [5.41, 5.74) is -1.15. The van der Waals surface area contributed by atoms with Crippen LogP contribution in [0.5, 0.6) is 0 Å². The van der Waals surface area contributed by atoms with Gasteiger partial charge >= 0.3 is 5.97 Å². The third-order valence-electron chi connectivity index (χ3n) is 3.10. The lowest BCUT2D eigenvalue weighted by Crippen LogP contribution is -2.52. The summed E-state index contributed by atoms with van der Waals surface area (Å²) in [4.78, 5) is 28.7. The van der Waals surface area contributed by atoms with Crippen LogP contribution in [0.2, 0.25) is 10.0 Å². The number of carboxylic acid groups (broad SMARTS) is 1. The number of carbonyl (C=O) groups is 2. The molecular formula is C13H17Cl2N3O3. The molecule has 0 bridgehead atoms. The number of carboxylic acids is 1. The maximum absolute atomic E-state index is 12.0. The van der Waals surface area contributed by atoms with Crippen LogP contribution in [0.4, 0.5) is 5.82 Å². The number of hydrogen-bond acceptors (Lipinski definition) is 4. The molecule has 8 heteroatoms. The lowest BCUT2D eigenvalue weighted by atomic mass is 10.0. The Morgan fingerprint density at radius 3 is 2.52 bits per heavy atom. The number of aromatic nitrogens is 1. The SMILES string of the molecule is CCN(CC(=O)Nc1ncc(Cl)cc1Cl)C(C)(C)C(=O)O. The summed E-state index contributed by atoms with van der Waals surface area (Å²) in [7, 11) is 0. The van der Waals surface area contributed by atoms with Gasteiger partial charge in [-0.2, -0.15) is 0 Å². The Balaban J connectivity index is 2.78. The Labute approximate surface area is 133 Å². The molecule has 0 radical (unpaired) electrons. The Hall–Kier alpha value is -1.37. The molecule has 1 heterocycles. The van der Waals surface area contributed by atoms with E-state index >= 15 is 0 Å². The Morgan fingerprint density at radius 1 is 1.43 bits per heavy atom. The molecule has 21 heavy (non-hydrogen) atoms. The highest BCUT2D eigenvalue weighted by Crippen LogP contribution is 2.22. The molecule has 1 aromatic heterocycles. The van der Waals surface area contributed by atoms with E-state index in [0.29, 0.717) is 11.6 Å². The Kier molecular flexibility index (Phi) is 5.95. The van der Waals surface area contributed by atoms with Gasteiger partial charge in [0.05, 0.1) is 16.6 Å². The van der Waals surface area contributed by atoms with E-state index in [1.165, 1.54) is 17.2 Å². The highest BCUT2D eigenvalue weighted by atomic mass is 35.5. The van der Waals surface area contributed by atoms with Gasteiger partial charge in [0.25, 0.3) is 0 Å². The summed E-state index contributed by atoms with van der Waals surface area (Å²) in [6.45, 7) is 5.19. The molecule has 116 valence electrons. The summed E-state index contributed by atoms with van der Waals surface area (Å²) in [5.74, 6) is -1.21. The molecule has 0 fully saturated rings. The van der Waals surface area contributed by atoms with Gasteiger partial charge in [-0.15, -0.1) is 0 Å². The molecule has 1 amide bonds. The second-order valence-electron chi connectivity index (χ2n) is 4.91. The fourth-order valence-corrected chi connectivity index (χ4v) is 2.12. The van der Waals surface area contributed by atoms with Crippen molar-refractivity contribution in [1.82, 2.24) is 9.88 Å². The lowest BCUT2D eigenvalue weighted by molar-refractivity contribution is -0.149. The van der Waals surface area contributed by atoms with E-state index in [2.05, 4.69) is 10.3 Å². The van der Waals surface area contributed by atoms with Crippen molar-refractivity contribution >= 4 is 40.9 Å². The molecule has 0 aliphatic carbocycles. The molecule has 0 atom stereocenters. The minimum absolute atomic E-state index is 0.0869. The molecule has 0 aromatic carbocycles. The normalized spacial score (nSPS) is 11.5. The van der Waals surface area contributed by atoms with E-state index < -0.39 is 17.4 Å². The van der Waals surface area contributed by atoms with Gasteiger partial charge in [-0.1, -0.05) is 30.1 Å². The van der Waals surface area contributed by atoms with Gasteiger partial charge in [0.2, 0.25) is 5.91 Å². The molecule has 0 spiro atoms. The molecule has 0 saturated heterocycles. The van der Waals surface area contributed by atoms with Gasteiger partial charge in [-0.3, -0.25) is 14.5 Å². The topological polar surface area (TPSA) is 82.5 Å². The monoisotopic (exact) mass is 333 g/mol. The fourth-order valence-electron chi connectivity index (χ4n) is 1.69. The average Bonchev–Trinajstić information content (AvgIpc) is 2.38. The quantitative estimate of drug-likeness (QED) is 0.835. The predicted molar refractivity (Wildman–Crippen MR) is 81.8 cm³/mol. The van der Waals surface area contributed by atoms with Crippen molar-refractivity contribution < 1.29 is 14.7 Å². The smallest absolute Gasteiger partial charge is 0.323 e. The van der Waals surface area contributed by atoms with Gasteiger partial charge in [0, 0.05) is 6.20 Å². The summed E-state index contributed by atoms with van der Waals surface area (Å²) < 4.78 is 0. The number of likely N-dealkylation sites (N-methyl/N-ethyl adjacent to an activating group) is 1. The van der Waals surface area contributed by atoms with Crippen LogP contribution in [-0.2, 0) is 9.59 Å². The largest absolute Gasteiger partial charge is 0.480 e. The molecule has 1 aromatic rings. The second kappa shape index (κ2) is 7.06. The molecular weight excluding hydrogens is 317 g/mol. The van der Waals surface area contributed by atoms with Gasteiger partial charge < -0.3 is 10.4 Å². The van der Waals surface area contributed by atoms with Crippen molar-refractivity contribution in [2.45, 2.75) is 26.3 Å². The molecule has 2 N–H and O–H groups in total. The molecule has 0 aliphatic heterocycles. The highest BCUT2D eigenvalue weighted by molar-refractivity contribution is 6.36. The van der Waals surface area contributed by atoms with Crippen LogP contribution in [0.15, 0.2) is 12.3 Å². The first kappa shape index (κ1) is 17.7. The van der Waals surface area contributed by atoms with Crippen LogP contribution >= 0.6 is 23.2 Å². The second-order valence-corrected chi connectivity index (χ2v) is 5.75. The first-order valence-corrected chi connectivity index (χ1v) is 7.03. The summed E-state index contributed by atoms with van der Waals surface area (Å²) in [6.07, 6.45) is 1.36. The van der Waals surface area contributed by atoms with E-state index in [9.17, 15) is 14.7 Å². The van der Waals surface area contributed by atoms with Crippen LogP contribution in [-0.4, -0.2) is 45.5 Å². The first-order chi connectivity index (χ1) is 9.68. The van der Waals surface area contributed by atoms with Gasteiger partial charge in [0.15, 0.2) is 5.82 Å². The summed E-state index contributed by atoms with van der Waals surface area (Å²) >= 11 is 11.6. The van der Waals surface area contributed by atoms with Crippen LogP contribution in [0, 0.1) is 0 Å². The molecule has 1 rings (SSSR count). The zero-order valence-electron chi connectivity index (χ0n) is 12.0. The zero-order chi connectivity index (χ0) is 16.2. The Morgan fingerprint density at radius 2 is 2.05 bits per heavy atom. The molecule has 0 aliphatic rings. The van der Waals surface area contributed by atoms with E-state index in [0.717, 1.165) is 0 Å². The predicted octanol–water partition coefficient (Wildman–Crippen LogP) is 2.51. The van der Waals surface area contributed by atoms with Crippen LogP contribution in [0.25, 0.3) is 0 Å². The van der Waals surface area contributed by atoms with Crippen molar-refractivity contribution in [3.63, 3.8) is 0 Å². The van der Waals surface area contributed by atoms with Crippen molar-refractivity contribution in [2.75, 3.05) is 18.4 Å². The van der Waals surface area contributed by atoms with E-state index in [1.807, 2.05) is 0 Å². The van der Waals surface area contributed by atoms with Crippen molar-refractivity contribution in [1.29, 1.82) is 0 Å². The minimum Gasteiger partial charge on any atom is -0.480 e. The van der Waals surface area contributed by atoms with Gasteiger partial charge in [0.1, 0.15) is 5.54 Å². The highest BCUT2D eigenvalue weighted by Gasteiger charge is 2.34. The average molecular weight is 334 g/mol. The van der Waals surface area contributed by atoms with Crippen LogP contribution in [0.1, 0.15) is 20.8 Å². The number of nitrogens with one attached hydrogen (secondary N) is 1. The number of carbonyl (C=O) groups excluding carboxylic acids is 1. The number of amides is 1. The maximum atomic E-state index is 12.0. The van der Waals surface area contributed by atoms with Crippen molar-refractivity contribution in [2.24, 2.45) is 0 Å². The third-order valence-corrected chi connectivity index (χ3v) is 3.59. The number of pyridine rings is 1. The van der Waals surface area contributed by atoms with Crippen molar-refractivity contribution in [3.05, 3.63) is 22.3 Å². The summed E-state index contributed by atoms with van der Waals surface area (Å²) in [5, 5.41) is 12.3. The first-order valence-electron chi connectivity index (χ1n) is 6.27. The van der Waals surface area contributed by atoms with E-state index in [-0.39, 0.29) is 17.4 Å². The Bertz CT molecular complexity index is 549. The van der Waals surface area contributed by atoms with Gasteiger partial charge in [-0.05, 0) is 26.5 Å². The number of rotatable bonds is 6. The van der Waals surface area contributed by atoms with Gasteiger partial charge in [-0.25, -0.2) is 4.98 Å². The third kappa shape index (κ3) is 4.56. The molecule has 0 saturated carbocycles. The molecule has 0 unspecified atom stereocenters. The number of halogens is 2. The summed E-state index contributed by atoms with van der Waals surface area (Å²) in [6, 6.07) is 1.46. The fraction of sp³-hybridized carbons (Fsp3) is 0.462. The molecule has 6 nitrogen and oxygen atoms in total. The number of hydrogen-bond donors (Lipinski definition) is 2. The van der Waals surface area contributed by atoms with Crippen LogP contribution in [0.3, 0.4) is 0 Å². The minimum atomic E-state index is -1.15. The zero-order valence-corrected chi connectivity index (χ0v) is 13.5. The standard InChI is InChI=1S/C13H17Cl2N3O3/c1-4-18(13(2,3)12(20)21)7-10(19)17-11-9(15)5-8(14)6-16-11/h5-6H,4,7H2,1-3H3,(H,20,21)(H,16,17,19). The lowest BCUT2D eigenvalue weighted by Gasteiger charge is -2.33. The number of aliphatic carboxylic acids is 1. The van der Waals surface area contributed by atoms with Crippen LogP contribution < -0.4 is 5.32 Å². The van der Waals surface area contributed by atoms with E-state index in [4.69, 9.17) is 23.2 Å². The number of nitrogens with zero attached hydrogens (tertiary/aromatic N) is 2. The maximum Gasteiger partial charge on any atom is 0.323 e.